The number of hydrogen-bond acceptors (Lipinski definition) is 4. The number of piperidine rings is 1. The predicted molar refractivity (Wildman–Crippen MR) is 108 cm³/mol. The quantitative estimate of drug-likeness (QED) is 0.733. The van der Waals surface area contributed by atoms with Crippen molar-refractivity contribution in [3.8, 4) is 0 Å². The molecule has 0 radical (unpaired) electrons. The Morgan fingerprint density at radius 1 is 1.07 bits per heavy atom. The molecule has 4 rings (SSSR count). The molecule has 1 saturated carbocycles. The summed E-state index contributed by atoms with van der Waals surface area (Å²) in [6.45, 7) is 2.89. The van der Waals surface area contributed by atoms with Gasteiger partial charge in [-0.25, -0.2) is 0 Å². The largest absolute Gasteiger partial charge is 0.468 e. The van der Waals surface area contributed by atoms with E-state index in [1.165, 1.54) is 25.5 Å². The van der Waals surface area contributed by atoms with Crippen molar-refractivity contribution in [1.29, 1.82) is 0 Å². The molecule has 5 nitrogen and oxygen atoms in total. The molecule has 3 atom stereocenters. The zero-order chi connectivity index (χ0) is 19.5. The molecule has 3 aliphatic rings. The van der Waals surface area contributed by atoms with Crippen LogP contribution < -0.4 is 0 Å². The first-order chi connectivity index (χ1) is 13.7. The number of hydrogen-bond donors (Lipinski definition) is 0. The van der Waals surface area contributed by atoms with Crippen molar-refractivity contribution in [3.63, 3.8) is 0 Å². The van der Waals surface area contributed by atoms with E-state index in [0.29, 0.717) is 24.3 Å². The first-order valence-corrected chi connectivity index (χ1v) is 10.8. The maximum absolute atomic E-state index is 12.9. The van der Waals surface area contributed by atoms with Crippen LogP contribution in [0.4, 0.5) is 0 Å². The van der Waals surface area contributed by atoms with Gasteiger partial charge in [0, 0.05) is 19.6 Å². The van der Waals surface area contributed by atoms with Crippen LogP contribution >= 0.6 is 0 Å². The molecule has 2 saturated heterocycles. The molecule has 0 N–H and O–H groups in total. The highest BCUT2D eigenvalue weighted by molar-refractivity contribution is 5.81. The van der Waals surface area contributed by atoms with Crippen molar-refractivity contribution in [1.82, 2.24) is 9.80 Å². The monoisotopic (exact) mass is 384 g/mol. The average Bonchev–Trinajstić information content (AvgIpc) is 3.29. The molecule has 28 heavy (non-hydrogen) atoms. The molecule has 0 bridgehead atoms. The molecule has 2 heterocycles. The zero-order valence-electron chi connectivity index (χ0n) is 16.9. The predicted octanol–water partition coefficient (Wildman–Crippen LogP) is 2.74. The van der Waals surface area contributed by atoms with Crippen molar-refractivity contribution in [2.45, 2.75) is 44.6 Å². The number of carbonyl (C=O) groups excluding carboxylic acids is 2. The van der Waals surface area contributed by atoms with E-state index in [1.807, 2.05) is 4.90 Å². The SMILES string of the molecule is COC(=O)[C@@H]1[C@H]2CCC[C@H]2CN1CC(=O)N1CCC(Cc2ccccc2)CC1. The van der Waals surface area contributed by atoms with Gasteiger partial charge in [0.05, 0.1) is 13.7 Å². The Hall–Kier alpha value is -1.88. The molecule has 1 aliphatic carbocycles. The molecule has 1 aromatic rings. The minimum atomic E-state index is -0.225. The van der Waals surface area contributed by atoms with Gasteiger partial charge in [-0.1, -0.05) is 36.8 Å². The lowest BCUT2D eigenvalue weighted by Gasteiger charge is -2.34. The summed E-state index contributed by atoms with van der Waals surface area (Å²) in [7, 11) is 1.46. The summed E-state index contributed by atoms with van der Waals surface area (Å²) in [5.41, 5.74) is 1.39. The number of rotatable bonds is 5. The number of benzene rings is 1. The van der Waals surface area contributed by atoms with Crippen LogP contribution in [0.1, 0.15) is 37.7 Å². The van der Waals surface area contributed by atoms with Gasteiger partial charge >= 0.3 is 5.97 Å². The summed E-state index contributed by atoms with van der Waals surface area (Å²) < 4.78 is 5.06. The Bertz CT molecular complexity index is 684. The molecule has 0 aromatic heterocycles. The highest BCUT2D eigenvalue weighted by atomic mass is 16.5. The normalized spacial score (nSPS) is 28.3. The van der Waals surface area contributed by atoms with Gasteiger partial charge in [-0.2, -0.15) is 0 Å². The van der Waals surface area contributed by atoms with E-state index in [2.05, 4.69) is 35.2 Å². The van der Waals surface area contributed by atoms with Crippen molar-refractivity contribution >= 4 is 11.9 Å². The number of fused-ring (bicyclic) bond motifs is 1. The van der Waals surface area contributed by atoms with Crippen LogP contribution in [0.3, 0.4) is 0 Å². The second-order valence-electron chi connectivity index (χ2n) is 8.77. The molecule has 1 aromatic carbocycles. The van der Waals surface area contributed by atoms with E-state index >= 15 is 0 Å². The van der Waals surface area contributed by atoms with Gasteiger partial charge in [-0.05, 0) is 55.4 Å². The van der Waals surface area contributed by atoms with Crippen molar-refractivity contribution < 1.29 is 14.3 Å². The van der Waals surface area contributed by atoms with Gasteiger partial charge in [0.2, 0.25) is 5.91 Å². The number of nitrogens with zero attached hydrogens (tertiary/aromatic N) is 2. The lowest BCUT2D eigenvalue weighted by molar-refractivity contribution is -0.148. The number of esters is 1. The van der Waals surface area contributed by atoms with Crippen LogP contribution in [0.5, 0.6) is 0 Å². The van der Waals surface area contributed by atoms with Crippen LogP contribution in [-0.4, -0.2) is 61.0 Å². The van der Waals surface area contributed by atoms with Crippen LogP contribution in [-0.2, 0) is 20.7 Å². The fourth-order valence-corrected chi connectivity index (χ4v) is 5.61. The topological polar surface area (TPSA) is 49.9 Å². The molecule has 1 amide bonds. The molecular weight excluding hydrogens is 352 g/mol. The zero-order valence-corrected chi connectivity index (χ0v) is 16.9. The number of methoxy groups -OCH3 is 1. The van der Waals surface area contributed by atoms with Crippen LogP contribution in [0, 0.1) is 17.8 Å². The first kappa shape index (κ1) is 19.4. The van der Waals surface area contributed by atoms with E-state index in [0.717, 1.165) is 45.3 Å². The molecule has 2 aliphatic heterocycles. The van der Waals surface area contributed by atoms with Crippen molar-refractivity contribution in [2.24, 2.45) is 17.8 Å². The highest BCUT2D eigenvalue weighted by Gasteiger charge is 2.48. The Morgan fingerprint density at radius 2 is 1.82 bits per heavy atom. The molecule has 0 spiro atoms. The first-order valence-electron chi connectivity index (χ1n) is 10.8. The Morgan fingerprint density at radius 3 is 2.54 bits per heavy atom. The van der Waals surface area contributed by atoms with Crippen molar-refractivity contribution in [3.05, 3.63) is 35.9 Å². The fourth-order valence-electron chi connectivity index (χ4n) is 5.61. The standard InChI is InChI=1S/C23H32N2O3/c1-28-23(27)22-20-9-5-8-19(20)15-25(22)16-21(26)24-12-10-18(11-13-24)14-17-6-3-2-4-7-17/h2-4,6-7,18-20,22H,5,8-16H2,1H3/t19-,20-,22-/m0/s1. The molecule has 0 unspecified atom stereocenters. The van der Waals surface area contributed by atoms with E-state index in [1.54, 1.807) is 0 Å². The lowest BCUT2D eigenvalue weighted by atomic mass is 9.90. The minimum absolute atomic E-state index is 0.163. The number of amides is 1. The third kappa shape index (κ3) is 4.09. The van der Waals surface area contributed by atoms with Crippen LogP contribution in [0.2, 0.25) is 0 Å². The van der Waals surface area contributed by atoms with Gasteiger partial charge in [0.1, 0.15) is 6.04 Å². The van der Waals surface area contributed by atoms with Crippen LogP contribution in [0.25, 0.3) is 0 Å². The molecular formula is C23H32N2O3. The maximum atomic E-state index is 12.9. The molecule has 5 heteroatoms. The Labute approximate surface area is 168 Å². The van der Waals surface area contributed by atoms with Gasteiger partial charge in [-0.3, -0.25) is 14.5 Å². The second kappa shape index (κ2) is 8.64. The van der Waals surface area contributed by atoms with Gasteiger partial charge in [0.15, 0.2) is 0 Å². The highest BCUT2D eigenvalue weighted by Crippen LogP contribution is 2.42. The van der Waals surface area contributed by atoms with Gasteiger partial charge in [-0.15, -0.1) is 0 Å². The summed E-state index contributed by atoms with van der Waals surface area (Å²) in [5, 5.41) is 0. The summed E-state index contributed by atoms with van der Waals surface area (Å²) in [5.74, 6) is 1.58. The minimum Gasteiger partial charge on any atom is -0.468 e. The van der Waals surface area contributed by atoms with Gasteiger partial charge < -0.3 is 9.64 Å². The van der Waals surface area contributed by atoms with E-state index in [-0.39, 0.29) is 17.9 Å². The Balaban J connectivity index is 1.30. The summed E-state index contributed by atoms with van der Waals surface area (Å²) in [4.78, 5) is 29.4. The second-order valence-corrected chi connectivity index (χ2v) is 8.77. The third-order valence-electron chi connectivity index (χ3n) is 7.10. The fraction of sp³-hybridized carbons (Fsp3) is 0.652. The maximum Gasteiger partial charge on any atom is 0.323 e. The number of ether oxygens (including phenoxy) is 1. The van der Waals surface area contributed by atoms with E-state index in [4.69, 9.17) is 4.74 Å². The average molecular weight is 385 g/mol. The molecule has 3 fully saturated rings. The summed E-state index contributed by atoms with van der Waals surface area (Å²) >= 11 is 0. The van der Waals surface area contributed by atoms with E-state index in [9.17, 15) is 9.59 Å². The number of likely N-dealkylation sites (tertiary alicyclic amines) is 2. The Kier molecular flexibility index (Phi) is 6.00. The smallest absolute Gasteiger partial charge is 0.323 e. The number of carbonyl (C=O) groups is 2. The van der Waals surface area contributed by atoms with Crippen molar-refractivity contribution in [2.75, 3.05) is 33.3 Å². The van der Waals surface area contributed by atoms with Gasteiger partial charge in [0.25, 0.3) is 0 Å². The summed E-state index contributed by atoms with van der Waals surface area (Å²) in [6.07, 6.45) is 6.68. The van der Waals surface area contributed by atoms with E-state index < -0.39 is 0 Å². The summed E-state index contributed by atoms with van der Waals surface area (Å²) in [6, 6.07) is 10.4. The third-order valence-corrected chi connectivity index (χ3v) is 7.10. The lowest BCUT2D eigenvalue weighted by Crippen LogP contribution is -2.48. The van der Waals surface area contributed by atoms with Crippen LogP contribution in [0.15, 0.2) is 30.3 Å². The molecule has 152 valence electrons.